The number of aromatic nitrogens is 1. The zero-order valence-corrected chi connectivity index (χ0v) is 27.8. The van der Waals surface area contributed by atoms with Crippen LogP contribution in [0.2, 0.25) is 0 Å². The highest BCUT2D eigenvalue weighted by Gasteiger charge is 2.39. The molecular formula is C44H39N3S. The molecular weight excluding hydrogens is 603 g/mol. The third-order valence-electron chi connectivity index (χ3n) is 11.2. The van der Waals surface area contributed by atoms with E-state index in [9.17, 15) is 0 Å². The number of rotatable bonds is 4. The van der Waals surface area contributed by atoms with Crippen LogP contribution in [0.3, 0.4) is 0 Å². The predicted molar refractivity (Wildman–Crippen MR) is 201 cm³/mol. The van der Waals surface area contributed by atoms with Crippen LogP contribution < -0.4 is 10.6 Å². The van der Waals surface area contributed by atoms with Crippen LogP contribution in [0.1, 0.15) is 70.1 Å². The number of nitrogens with zero attached hydrogens (tertiary/aromatic N) is 1. The van der Waals surface area contributed by atoms with Crippen LogP contribution in [-0.2, 0) is 12.8 Å². The van der Waals surface area contributed by atoms with Gasteiger partial charge in [0.25, 0.3) is 0 Å². The van der Waals surface area contributed by atoms with Gasteiger partial charge in [0.15, 0.2) is 0 Å². The minimum atomic E-state index is 0.171. The molecule has 0 saturated carbocycles. The lowest BCUT2D eigenvalue weighted by atomic mass is 9.79. The lowest BCUT2D eigenvalue weighted by Gasteiger charge is -2.39. The van der Waals surface area contributed by atoms with Crippen molar-refractivity contribution < 1.29 is 0 Å². The van der Waals surface area contributed by atoms with Gasteiger partial charge in [-0.3, -0.25) is 5.32 Å². The molecule has 3 heterocycles. The summed E-state index contributed by atoms with van der Waals surface area (Å²) in [5.74, 6) is 0.415. The van der Waals surface area contributed by atoms with Gasteiger partial charge in [-0.15, -0.1) is 11.3 Å². The first-order chi connectivity index (χ1) is 23.8. The molecule has 4 atom stereocenters. The molecule has 0 spiro atoms. The maximum absolute atomic E-state index is 4.09. The van der Waals surface area contributed by atoms with E-state index in [0.29, 0.717) is 5.92 Å². The van der Waals surface area contributed by atoms with Gasteiger partial charge < -0.3 is 9.88 Å². The summed E-state index contributed by atoms with van der Waals surface area (Å²) < 4.78 is 2.64. The van der Waals surface area contributed by atoms with Crippen LogP contribution in [0.5, 0.6) is 0 Å². The third-order valence-corrected chi connectivity index (χ3v) is 12.6. The van der Waals surface area contributed by atoms with Crippen LogP contribution in [-0.4, -0.2) is 10.7 Å². The Hall–Kier alpha value is -4.64. The van der Waals surface area contributed by atoms with E-state index in [-0.39, 0.29) is 18.2 Å². The first kappa shape index (κ1) is 28.4. The molecule has 48 heavy (non-hydrogen) atoms. The van der Waals surface area contributed by atoms with Gasteiger partial charge in [-0.1, -0.05) is 109 Å². The van der Waals surface area contributed by atoms with E-state index in [1.165, 1.54) is 69.0 Å². The number of thiophene rings is 1. The standard InChI is InChI=1S/C44H39N3S/c1-3-14-28(15-4-1)36-26-37(29-16-5-2-6-17-29)46-44(45-36)35-23-13-22-34-42-33-21-8-7-20-32(33)40(27-41(42)48-43(34)35)47-38-24-11-9-18-30(38)31-19-10-12-25-39(31)47/h1-5,7-12,14-16,18-21,24-26,35-36,40,44-46H,6,13,17,22-23,27H2. The van der Waals surface area contributed by atoms with Gasteiger partial charge in [-0.2, -0.15) is 0 Å². The summed E-state index contributed by atoms with van der Waals surface area (Å²) in [6.45, 7) is 0. The number of fused-ring (bicyclic) bond motifs is 8. The molecule has 4 aliphatic rings. The fraction of sp³-hybridized carbons (Fsp3) is 0.227. The van der Waals surface area contributed by atoms with E-state index in [1.807, 2.05) is 0 Å². The second-order valence-electron chi connectivity index (χ2n) is 13.9. The molecule has 4 unspecified atom stereocenters. The maximum Gasteiger partial charge on any atom is 0.0853 e. The van der Waals surface area contributed by atoms with Crippen molar-refractivity contribution in [2.75, 3.05) is 0 Å². The fourth-order valence-electron chi connectivity index (χ4n) is 9.07. The Kier molecular flexibility index (Phi) is 6.80. The average molecular weight is 642 g/mol. The summed E-state index contributed by atoms with van der Waals surface area (Å²) >= 11 is 2.11. The van der Waals surface area contributed by atoms with E-state index >= 15 is 0 Å². The van der Waals surface area contributed by atoms with Gasteiger partial charge in [0, 0.05) is 49.6 Å². The van der Waals surface area contributed by atoms with Crippen molar-refractivity contribution in [3.63, 3.8) is 0 Å². The Morgan fingerprint density at radius 2 is 1.52 bits per heavy atom. The van der Waals surface area contributed by atoms with E-state index in [4.69, 9.17) is 0 Å². The summed E-state index contributed by atoms with van der Waals surface area (Å²) in [6, 6.07) is 38.7. The molecule has 0 saturated heterocycles. The minimum absolute atomic E-state index is 0.171. The quantitative estimate of drug-likeness (QED) is 0.201. The minimum Gasteiger partial charge on any atom is -0.369 e. The molecule has 1 aliphatic heterocycles. The van der Waals surface area contributed by atoms with Gasteiger partial charge in [0.1, 0.15) is 0 Å². The van der Waals surface area contributed by atoms with Crippen LogP contribution >= 0.6 is 11.3 Å². The molecule has 0 fully saturated rings. The highest BCUT2D eigenvalue weighted by molar-refractivity contribution is 7.12. The highest BCUT2D eigenvalue weighted by atomic mass is 32.1. The smallest absolute Gasteiger partial charge is 0.0853 e. The first-order valence-electron chi connectivity index (χ1n) is 17.7. The molecule has 4 aromatic carbocycles. The lowest BCUT2D eigenvalue weighted by molar-refractivity contribution is 0.327. The van der Waals surface area contributed by atoms with Crippen LogP contribution in [0.4, 0.5) is 0 Å². The van der Waals surface area contributed by atoms with Crippen molar-refractivity contribution >= 4 is 33.1 Å². The van der Waals surface area contributed by atoms with E-state index < -0.39 is 0 Å². The summed E-state index contributed by atoms with van der Waals surface area (Å²) in [4.78, 5) is 3.16. The molecule has 0 radical (unpaired) electrons. The van der Waals surface area contributed by atoms with E-state index in [1.54, 1.807) is 20.9 Å². The second kappa shape index (κ2) is 11.5. The van der Waals surface area contributed by atoms with Crippen molar-refractivity contribution in [1.82, 2.24) is 15.2 Å². The Morgan fingerprint density at radius 1 is 0.771 bits per heavy atom. The highest BCUT2D eigenvalue weighted by Crippen LogP contribution is 2.53. The molecule has 10 rings (SSSR count). The van der Waals surface area contributed by atoms with Gasteiger partial charge in [0.05, 0.1) is 18.2 Å². The van der Waals surface area contributed by atoms with Gasteiger partial charge in [0.2, 0.25) is 0 Å². The van der Waals surface area contributed by atoms with Crippen molar-refractivity contribution in [1.29, 1.82) is 0 Å². The zero-order valence-electron chi connectivity index (χ0n) is 27.0. The van der Waals surface area contributed by atoms with E-state index in [0.717, 1.165) is 19.3 Å². The van der Waals surface area contributed by atoms with Crippen molar-refractivity contribution in [3.8, 4) is 11.1 Å². The Bertz CT molecular complexity index is 2230. The number of para-hydroxylation sites is 2. The molecule has 4 heteroatoms. The van der Waals surface area contributed by atoms with Crippen molar-refractivity contribution in [3.05, 3.63) is 165 Å². The van der Waals surface area contributed by atoms with Crippen LogP contribution in [0, 0.1) is 0 Å². The summed E-state index contributed by atoms with van der Waals surface area (Å²) in [5.41, 5.74) is 12.8. The second-order valence-corrected chi connectivity index (χ2v) is 15.0. The van der Waals surface area contributed by atoms with Crippen molar-refractivity contribution in [2.24, 2.45) is 0 Å². The number of hydrogen-bond donors (Lipinski definition) is 2. The van der Waals surface area contributed by atoms with Crippen LogP contribution in [0.15, 0.2) is 139 Å². The summed E-state index contributed by atoms with van der Waals surface area (Å²) in [6.07, 6.45) is 16.2. The number of nitrogens with one attached hydrogen (secondary N) is 2. The molecule has 3 nitrogen and oxygen atoms in total. The number of allylic oxidation sites excluding steroid dienone is 4. The van der Waals surface area contributed by atoms with Crippen molar-refractivity contribution in [2.45, 2.75) is 62.7 Å². The molecule has 2 aromatic heterocycles. The summed E-state index contributed by atoms with van der Waals surface area (Å²) in [7, 11) is 0. The normalized spacial score (nSPS) is 23.2. The Morgan fingerprint density at radius 3 is 2.31 bits per heavy atom. The van der Waals surface area contributed by atoms with Crippen LogP contribution in [0.25, 0.3) is 32.9 Å². The average Bonchev–Trinajstić information content (AvgIpc) is 3.71. The fourth-order valence-corrected chi connectivity index (χ4v) is 10.6. The van der Waals surface area contributed by atoms with Gasteiger partial charge in [-0.25, -0.2) is 0 Å². The monoisotopic (exact) mass is 641 g/mol. The Labute approximate surface area is 286 Å². The zero-order chi connectivity index (χ0) is 31.6. The van der Waals surface area contributed by atoms with Gasteiger partial charge in [-0.05, 0) is 83.7 Å². The van der Waals surface area contributed by atoms with Gasteiger partial charge >= 0.3 is 0 Å². The molecule has 3 aliphatic carbocycles. The lowest BCUT2D eigenvalue weighted by Crippen LogP contribution is -2.51. The molecule has 2 N–H and O–H groups in total. The Balaban J connectivity index is 1.08. The molecule has 6 aromatic rings. The number of hydrogen-bond acceptors (Lipinski definition) is 3. The maximum atomic E-state index is 4.09. The third kappa shape index (κ3) is 4.50. The summed E-state index contributed by atoms with van der Waals surface area (Å²) in [5, 5.41) is 10.8. The topological polar surface area (TPSA) is 29.0 Å². The SMILES string of the molecule is C1=CCCC(C2=CC(c3ccccc3)NC(C3CCCc4c3sc3c4-c4ccccc4C(n4c5ccccc5c5ccccc54)C3)N2)=C1. The number of benzene rings is 4. The molecule has 236 valence electrons. The molecule has 0 bridgehead atoms. The molecule has 0 amide bonds. The van der Waals surface area contributed by atoms with E-state index in [2.05, 4.69) is 154 Å². The predicted octanol–water partition coefficient (Wildman–Crippen LogP) is 10.5. The largest absolute Gasteiger partial charge is 0.369 e. The first-order valence-corrected chi connectivity index (χ1v) is 18.5.